The van der Waals surface area contributed by atoms with Crippen molar-refractivity contribution in [2.75, 3.05) is 0 Å². The van der Waals surface area contributed by atoms with Crippen molar-refractivity contribution < 1.29 is 161 Å². The van der Waals surface area contributed by atoms with Crippen LogP contribution in [0.3, 0.4) is 0 Å². The number of rotatable bonds is 19. The van der Waals surface area contributed by atoms with Crippen LogP contribution in [-0.2, 0) is 110 Å². The molecular weight excluding hydrogens is 1700 g/mol. The number of hydrogen-bond donors (Lipinski definition) is 0. The summed E-state index contributed by atoms with van der Waals surface area (Å²) >= 11 is 0. The normalized spacial score (nSPS) is 11.5. The van der Waals surface area contributed by atoms with Crippen LogP contribution in [0, 0.1) is 20.8 Å². The topological polar surface area (TPSA) is 321 Å². The van der Waals surface area contributed by atoms with Crippen molar-refractivity contribution in [1.29, 1.82) is 0 Å². The van der Waals surface area contributed by atoms with Gasteiger partial charge in [-0.25, -0.2) is 0 Å². The van der Waals surface area contributed by atoms with Crippen LogP contribution >= 0.6 is 0 Å². The second-order valence-electron chi connectivity index (χ2n) is 22.0. The van der Waals surface area contributed by atoms with Crippen molar-refractivity contribution in [3.8, 4) is 0 Å². The number of Topliss-reactive ketones (excluding diaryl/α,β-unsaturated/α-hetero) is 6. The van der Waals surface area contributed by atoms with Crippen LogP contribution < -0.4 is 40.9 Å². The average molecular weight is 1790 g/mol. The van der Waals surface area contributed by atoms with Gasteiger partial charge in [0.2, 0.25) is 0 Å². The van der Waals surface area contributed by atoms with Gasteiger partial charge in [-0.3, -0.25) is 38.4 Å². The Morgan fingerprint density at radius 2 is 0.429 bits per heavy atom. The molecule has 0 spiro atoms. The summed E-state index contributed by atoms with van der Waals surface area (Å²) < 4.78 is 0. The van der Waals surface area contributed by atoms with Crippen molar-refractivity contribution in [2.45, 2.75) is 130 Å². The van der Waals surface area contributed by atoms with Crippen LogP contribution in [0.15, 0.2) is 292 Å². The molecule has 566 valence electrons. The number of carbonyl (C=O) groups is 8. The smallest absolute Gasteiger partial charge is 0.875 e. The maximum atomic E-state index is 11.8. The molecule has 7 aromatic carbocycles. The van der Waals surface area contributed by atoms with Crippen molar-refractivity contribution in [3.05, 3.63) is 331 Å². The molecule has 0 saturated carbocycles. The Hall–Kier alpha value is -9.13. The quantitative estimate of drug-likeness (QED) is 0.0239. The molecule has 0 aliphatic heterocycles. The molecule has 7 aromatic rings. The van der Waals surface area contributed by atoms with Gasteiger partial charge in [0.05, 0.1) is 0 Å². The maximum Gasteiger partial charge on any atom is 2.00 e. The van der Waals surface area contributed by atoms with Crippen LogP contribution in [0.25, 0.3) is 11.5 Å². The zero-order valence-corrected chi connectivity index (χ0v) is 67.7. The number of ketones is 8. The van der Waals surface area contributed by atoms with Gasteiger partial charge in [0.25, 0.3) is 0 Å². The van der Waals surface area contributed by atoms with E-state index >= 15 is 0 Å². The molecule has 105 heavy (non-hydrogen) atoms. The van der Waals surface area contributed by atoms with Crippen LogP contribution in [0.4, 0.5) is 0 Å². The van der Waals surface area contributed by atoms with Gasteiger partial charge < -0.3 is 40.9 Å². The number of benzene rings is 7. The van der Waals surface area contributed by atoms with E-state index in [4.69, 9.17) is 0 Å². The van der Waals surface area contributed by atoms with E-state index in [1.54, 1.807) is 125 Å². The second-order valence-corrected chi connectivity index (χ2v) is 22.0. The largest absolute Gasteiger partial charge is 2.00 e. The van der Waals surface area contributed by atoms with Crippen LogP contribution in [0.1, 0.15) is 157 Å². The average Bonchev–Trinajstić information content (AvgIpc) is 0.830. The molecule has 0 radical (unpaired) electrons. The summed E-state index contributed by atoms with van der Waals surface area (Å²) in [5.74, 6) is -7.24. The number of carbonyl (C=O) groups excluding carboxylic acids is 8. The Kier molecular flexibility index (Phi) is 58.9. The fourth-order valence-electron chi connectivity index (χ4n) is 8.56. The summed E-state index contributed by atoms with van der Waals surface area (Å²) in [5.41, 5.74) is 4.47. The molecule has 0 heterocycles. The zero-order valence-electron chi connectivity index (χ0n) is 61.5. The van der Waals surface area contributed by atoms with Crippen molar-refractivity contribution in [1.82, 2.24) is 0 Å². The molecule has 20 heteroatoms. The molecule has 7 rings (SSSR count). The summed E-state index contributed by atoms with van der Waals surface area (Å²) in [4.78, 5) is 91.3. The van der Waals surface area contributed by atoms with E-state index in [2.05, 4.69) is 57.2 Å². The van der Waals surface area contributed by atoms with Gasteiger partial charge in [-0.1, -0.05) is 296 Å². The second kappa shape index (κ2) is 59.2. The molecule has 0 amide bonds. The molecular formula is C85H90O16Pd4. The predicted octanol–water partition coefficient (Wildman–Crippen LogP) is 10.4. The molecule has 0 aliphatic rings. The third-order valence-electron chi connectivity index (χ3n) is 13.5. The minimum Gasteiger partial charge on any atom is -0.875 e. The predicted molar refractivity (Wildman–Crippen MR) is 383 cm³/mol. The Morgan fingerprint density at radius 3 is 0.562 bits per heavy atom. The van der Waals surface area contributed by atoms with Crippen LogP contribution in [0.2, 0.25) is 0 Å². The first-order valence-electron chi connectivity index (χ1n) is 32.3. The summed E-state index contributed by atoms with van der Waals surface area (Å²) in [5, 5.41) is 91.3. The van der Waals surface area contributed by atoms with E-state index in [-0.39, 0.29) is 164 Å². The van der Waals surface area contributed by atoms with E-state index in [1.807, 2.05) is 78.9 Å². The first-order chi connectivity index (χ1) is 47.7. The van der Waals surface area contributed by atoms with E-state index in [0.717, 1.165) is 67.5 Å². The third kappa shape index (κ3) is 42.4. The van der Waals surface area contributed by atoms with Gasteiger partial charge >= 0.3 is 81.7 Å². The van der Waals surface area contributed by atoms with Gasteiger partial charge in [-0.15, -0.1) is 34.6 Å². The standard InChI is InChI=1S/2C15H12O2.C14H22O4.2C10H14O4.3C7H8.4Pd/c2*16-14(12-7-3-1-4-8-12)11-15(17)13-9-5-2-6-10-13;1-5-9(15)13(10(16)6-2)14(11(17)7-3)12(18)8-4;2*1-5(11)9(6(2)12)10(7(3)13)8(4)14;3*1-7-5-3-2-4-6-7;;;;/h2*1-11,16H;15,17H,5-8H2,1-4H3;2*11,13H,1-4H3;3*2-6H,1H3;;;;/q;;;;;;;;4*+2/p-8/b2*14-11-;13-9+,14-11+;2*9-5+,10-7+;;;;;;;. The van der Waals surface area contributed by atoms with Gasteiger partial charge in [0.15, 0.2) is 46.3 Å². The summed E-state index contributed by atoms with van der Waals surface area (Å²) in [7, 11) is 0. The Bertz CT molecular complexity index is 3680. The molecule has 0 bridgehead atoms. The summed E-state index contributed by atoms with van der Waals surface area (Å²) in [6.07, 6.45) is 2.70. The first kappa shape index (κ1) is 104. The third-order valence-corrected chi connectivity index (χ3v) is 13.5. The fourth-order valence-corrected chi connectivity index (χ4v) is 8.56. The van der Waals surface area contributed by atoms with Gasteiger partial charge in [-0.2, -0.15) is 0 Å². The van der Waals surface area contributed by atoms with Crippen LogP contribution in [0.5, 0.6) is 0 Å². The monoisotopic (exact) mass is 1790 g/mol. The van der Waals surface area contributed by atoms with Gasteiger partial charge in [-0.05, 0) is 84.6 Å². The minimum atomic E-state index is -0.557. The Balaban J connectivity index is -0.000000368. The van der Waals surface area contributed by atoms with E-state index in [1.165, 1.54) is 16.7 Å². The first-order valence-corrected chi connectivity index (χ1v) is 32.3. The van der Waals surface area contributed by atoms with Gasteiger partial charge in [0, 0.05) is 57.4 Å². The molecule has 16 nitrogen and oxygen atoms in total. The molecule has 0 fully saturated rings. The van der Waals surface area contributed by atoms with Gasteiger partial charge in [0.1, 0.15) is 0 Å². The van der Waals surface area contributed by atoms with E-state index in [0.29, 0.717) is 22.3 Å². The molecule has 0 N–H and O–H groups in total. The molecule has 0 atom stereocenters. The number of allylic oxidation sites excluding steroid dienone is 14. The van der Waals surface area contributed by atoms with Crippen molar-refractivity contribution >= 4 is 57.8 Å². The summed E-state index contributed by atoms with van der Waals surface area (Å²) in [6.45, 7) is 21.9. The molecule has 0 aliphatic carbocycles. The van der Waals surface area contributed by atoms with E-state index < -0.39 is 69.3 Å². The van der Waals surface area contributed by atoms with Crippen LogP contribution in [-0.4, -0.2) is 46.3 Å². The van der Waals surface area contributed by atoms with E-state index in [9.17, 15) is 79.2 Å². The maximum absolute atomic E-state index is 11.8. The number of aryl methyl sites for hydroxylation is 3. The Morgan fingerprint density at radius 1 is 0.257 bits per heavy atom. The SMILES string of the molecule is CC(=O)C(=C(/C)[O-])/C(C(C)=O)=C(\C)[O-].CC(=O)C(=C(/C)[O-])/C(C(C)=O)=C(\C)[O-].CCC(=O)C(=C(\[O-])CC)/C(C(=O)CC)=C(/[O-])CC.Cc1ccccc1.Cc1ccccc1.Cc1ccccc1.O=C(/C=C(\[O-])c1ccccc1)c1ccccc1.O=C(/C=C(\[O-])c1ccccc1)c1ccccc1.[Pd+2].[Pd+2].[Pd+2].[Pd+2]. The van der Waals surface area contributed by atoms with Crippen molar-refractivity contribution in [2.24, 2.45) is 0 Å². The van der Waals surface area contributed by atoms with Crippen molar-refractivity contribution in [3.63, 3.8) is 0 Å². The molecule has 0 saturated heterocycles. The summed E-state index contributed by atoms with van der Waals surface area (Å²) in [6, 6.07) is 65.8. The molecule has 0 aromatic heterocycles. The number of hydrogen-bond acceptors (Lipinski definition) is 16. The molecule has 0 unspecified atom stereocenters. The fraction of sp³-hybridized carbons (Fsp3) is 0.224. The minimum absolute atomic E-state index is 0. The Labute approximate surface area is 674 Å². The zero-order chi connectivity index (χ0) is 76.7.